The number of pyridine rings is 2. The molecule has 94 valence electrons. The van der Waals surface area contributed by atoms with Gasteiger partial charge in [0.1, 0.15) is 11.6 Å². The number of rotatable bonds is 2. The number of aromatic nitrogens is 2. The normalized spacial score (nSPS) is 10.6. The summed E-state index contributed by atoms with van der Waals surface area (Å²) < 4.78 is 14.0. The summed E-state index contributed by atoms with van der Waals surface area (Å²) in [6.45, 7) is 0. The van der Waals surface area contributed by atoms with Crippen molar-refractivity contribution in [3.63, 3.8) is 0 Å². The molecule has 0 aliphatic carbocycles. The van der Waals surface area contributed by atoms with Crippen LogP contribution < -0.4 is 5.32 Å². The first-order valence-corrected chi connectivity index (χ1v) is 5.97. The van der Waals surface area contributed by atoms with Gasteiger partial charge in [-0.2, -0.15) is 0 Å². The SMILES string of the molecule is CNc1ccc(-c2cc(F)c3ccccc3n2)cn1. The number of hydrogen-bond acceptors (Lipinski definition) is 3. The van der Waals surface area contributed by atoms with Gasteiger partial charge in [-0.1, -0.05) is 12.1 Å². The fraction of sp³-hybridized carbons (Fsp3) is 0.0667. The van der Waals surface area contributed by atoms with Gasteiger partial charge in [0.05, 0.1) is 11.2 Å². The molecule has 0 atom stereocenters. The van der Waals surface area contributed by atoms with Gasteiger partial charge in [0.15, 0.2) is 0 Å². The van der Waals surface area contributed by atoms with E-state index in [4.69, 9.17) is 0 Å². The fourth-order valence-electron chi connectivity index (χ4n) is 1.97. The minimum absolute atomic E-state index is 0.265. The highest BCUT2D eigenvalue weighted by Crippen LogP contribution is 2.23. The maximum Gasteiger partial charge on any atom is 0.134 e. The maximum atomic E-state index is 14.0. The molecule has 0 spiro atoms. The molecule has 1 aromatic carbocycles. The molecule has 4 heteroatoms. The molecule has 3 nitrogen and oxygen atoms in total. The molecule has 0 fully saturated rings. The number of anilines is 1. The number of fused-ring (bicyclic) bond motifs is 1. The quantitative estimate of drug-likeness (QED) is 0.759. The summed E-state index contributed by atoms with van der Waals surface area (Å²) in [5, 5.41) is 3.47. The van der Waals surface area contributed by atoms with E-state index in [1.807, 2.05) is 18.2 Å². The second-order valence-corrected chi connectivity index (χ2v) is 4.19. The Labute approximate surface area is 110 Å². The van der Waals surface area contributed by atoms with Crippen molar-refractivity contribution in [3.8, 4) is 11.3 Å². The highest BCUT2D eigenvalue weighted by Gasteiger charge is 2.07. The van der Waals surface area contributed by atoms with Gasteiger partial charge >= 0.3 is 0 Å². The summed E-state index contributed by atoms with van der Waals surface area (Å²) >= 11 is 0. The van der Waals surface area contributed by atoms with Crippen molar-refractivity contribution < 1.29 is 4.39 Å². The molecular weight excluding hydrogens is 241 g/mol. The molecule has 1 N–H and O–H groups in total. The van der Waals surface area contributed by atoms with Gasteiger partial charge < -0.3 is 5.32 Å². The van der Waals surface area contributed by atoms with Crippen LogP contribution in [0.4, 0.5) is 10.2 Å². The Morgan fingerprint density at radius 1 is 1.11 bits per heavy atom. The lowest BCUT2D eigenvalue weighted by atomic mass is 10.1. The average Bonchev–Trinajstić information content (AvgIpc) is 2.47. The highest BCUT2D eigenvalue weighted by molar-refractivity contribution is 5.82. The third kappa shape index (κ3) is 2.12. The summed E-state index contributed by atoms with van der Waals surface area (Å²) in [5.74, 6) is 0.503. The van der Waals surface area contributed by atoms with Gasteiger partial charge in [0, 0.05) is 30.3 Å². The summed E-state index contributed by atoms with van der Waals surface area (Å²) in [7, 11) is 1.80. The predicted molar refractivity (Wildman–Crippen MR) is 74.5 cm³/mol. The van der Waals surface area contributed by atoms with Crippen molar-refractivity contribution in [2.75, 3.05) is 12.4 Å². The number of nitrogens with one attached hydrogen (secondary N) is 1. The van der Waals surface area contributed by atoms with Gasteiger partial charge in [-0.05, 0) is 24.3 Å². The molecule has 3 rings (SSSR count). The Bertz CT molecular complexity index is 723. The van der Waals surface area contributed by atoms with E-state index in [-0.39, 0.29) is 5.82 Å². The molecule has 0 unspecified atom stereocenters. The van der Waals surface area contributed by atoms with Crippen molar-refractivity contribution in [2.24, 2.45) is 0 Å². The van der Waals surface area contributed by atoms with Gasteiger partial charge in [-0.25, -0.2) is 14.4 Å². The summed E-state index contributed by atoms with van der Waals surface area (Å²) in [6.07, 6.45) is 1.68. The van der Waals surface area contributed by atoms with Crippen LogP contribution in [0.15, 0.2) is 48.7 Å². The van der Waals surface area contributed by atoms with E-state index in [0.29, 0.717) is 16.6 Å². The minimum Gasteiger partial charge on any atom is -0.373 e. The minimum atomic E-state index is -0.265. The first-order valence-electron chi connectivity index (χ1n) is 5.97. The van der Waals surface area contributed by atoms with E-state index < -0.39 is 0 Å². The van der Waals surface area contributed by atoms with Crippen LogP contribution in [0.1, 0.15) is 0 Å². The van der Waals surface area contributed by atoms with Crippen molar-refractivity contribution in [3.05, 3.63) is 54.5 Å². The van der Waals surface area contributed by atoms with Gasteiger partial charge in [0.25, 0.3) is 0 Å². The zero-order chi connectivity index (χ0) is 13.2. The van der Waals surface area contributed by atoms with Crippen LogP contribution in [0.5, 0.6) is 0 Å². The number of benzene rings is 1. The number of halogens is 1. The third-order valence-electron chi connectivity index (χ3n) is 2.98. The smallest absolute Gasteiger partial charge is 0.134 e. The highest BCUT2D eigenvalue weighted by atomic mass is 19.1. The molecule has 0 radical (unpaired) electrons. The summed E-state index contributed by atoms with van der Waals surface area (Å²) in [6, 6.07) is 12.3. The topological polar surface area (TPSA) is 37.8 Å². The van der Waals surface area contributed by atoms with Gasteiger partial charge in [-0.3, -0.25) is 0 Å². The van der Waals surface area contributed by atoms with E-state index >= 15 is 0 Å². The van der Waals surface area contributed by atoms with E-state index in [1.54, 1.807) is 31.4 Å². The summed E-state index contributed by atoms with van der Waals surface area (Å²) in [4.78, 5) is 8.67. The largest absolute Gasteiger partial charge is 0.373 e. The molecule has 0 saturated carbocycles. The Balaban J connectivity index is 2.14. The van der Waals surface area contributed by atoms with Crippen LogP contribution in [-0.4, -0.2) is 17.0 Å². The van der Waals surface area contributed by atoms with Crippen molar-refractivity contribution in [1.29, 1.82) is 0 Å². The molecule has 0 aliphatic heterocycles. The molecule has 0 bridgehead atoms. The molecule has 0 aliphatic rings. The van der Waals surface area contributed by atoms with E-state index in [2.05, 4.69) is 15.3 Å². The molecular formula is C15H12FN3. The molecule has 2 aromatic heterocycles. The molecule has 2 heterocycles. The van der Waals surface area contributed by atoms with Crippen LogP contribution in [-0.2, 0) is 0 Å². The first-order chi connectivity index (χ1) is 9.28. The standard InChI is InChI=1S/C15H12FN3/c1-17-15-7-6-10(9-18-15)14-8-12(16)11-4-2-3-5-13(11)19-14/h2-9H,1H3,(H,17,18). The third-order valence-corrected chi connectivity index (χ3v) is 2.98. The van der Waals surface area contributed by atoms with Crippen LogP contribution in [0.2, 0.25) is 0 Å². The van der Waals surface area contributed by atoms with Crippen molar-refractivity contribution in [2.45, 2.75) is 0 Å². The van der Waals surface area contributed by atoms with E-state index in [9.17, 15) is 4.39 Å². The van der Waals surface area contributed by atoms with Crippen molar-refractivity contribution in [1.82, 2.24) is 9.97 Å². The Morgan fingerprint density at radius 2 is 1.95 bits per heavy atom. The Morgan fingerprint density at radius 3 is 2.68 bits per heavy atom. The van der Waals surface area contributed by atoms with E-state index in [0.717, 1.165) is 11.4 Å². The number of para-hydroxylation sites is 1. The second-order valence-electron chi connectivity index (χ2n) is 4.19. The Kier molecular flexibility index (Phi) is 2.83. The number of nitrogens with zero attached hydrogens (tertiary/aromatic N) is 2. The zero-order valence-electron chi connectivity index (χ0n) is 10.4. The molecule has 3 aromatic rings. The van der Waals surface area contributed by atoms with E-state index in [1.165, 1.54) is 6.07 Å². The lowest BCUT2D eigenvalue weighted by Crippen LogP contribution is -1.93. The second kappa shape index (κ2) is 4.65. The predicted octanol–water partition coefficient (Wildman–Crippen LogP) is 3.48. The molecule has 19 heavy (non-hydrogen) atoms. The maximum absolute atomic E-state index is 14.0. The summed E-state index contributed by atoms with van der Waals surface area (Å²) in [5.41, 5.74) is 2.03. The zero-order valence-corrected chi connectivity index (χ0v) is 10.4. The monoisotopic (exact) mass is 253 g/mol. The average molecular weight is 253 g/mol. The lowest BCUT2D eigenvalue weighted by molar-refractivity contribution is 0.639. The lowest BCUT2D eigenvalue weighted by Gasteiger charge is -2.05. The van der Waals surface area contributed by atoms with Crippen LogP contribution >= 0.6 is 0 Å². The Hall–Kier alpha value is -2.49. The van der Waals surface area contributed by atoms with Gasteiger partial charge in [0.2, 0.25) is 0 Å². The van der Waals surface area contributed by atoms with Gasteiger partial charge in [-0.15, -0.1) is 0 Å². The molecule has 0 saturated heterocycles. The first kappa shape index (κ1) is 11.6. The fourth-order valence-corrected chi connectivity index (χ4v) is 1.97. The van der Waals surface area contributed by atoms with Crippen molar-refractivity contribution >= 4 is 16.7 Å². The van der Waals surface area contributed by atoms with Crippen LogP contribution in [0.3, 0.4) is 0 Å². The van der Waals surface area contributed by atoms with Crippen LogP contribution in [0.25, 0.3) is 22.2 Å². The molecule has 0 amide bonds. The van der Waals surface area contributed by atoms with Crippen LogP contribution in [0, 0.1) is 5.82 Å². The number of hydrogen-bond donors (Lipinski definition) is 1.